The Morgan fingerprint density at radius 3 is 2.69 bits per heavy atom. The molecule has 4 heteroatoms. The Hall–Kier alpha value is -1.45. The number of carbonyl (C=O) groups excluding carboxylic acids is 3. The van der Waals surface area contributed by atoms with Crippen molar-refractivity contribution >= 4 is 17.5 Å². The number of allylic oxidation sites excluding steroid dienone is 1. The molecule has 4 rings (SSSR count). The summed E-state index contributed by atoms with van der Waals surface area (Å²) in [6.07, 6.45) is 7.82. The van der Waals surface area contributed by atoms with Gasteiger partial charge in [0.05, 0.1) is 0 Å². The summed E-state index contributed by atoms with van der Waals surface area (Å²) in [4.78, 5) is 37.1. The summed E-state index contributed by atoms with van der Waals surface area (Å²) >= 11 is 0. The maximum Gasteiger partial charge on any atom is 0.305 e. The van der Waals surface area contributed by atoms with Gasteiger partial charge in [-0.3, -0.25) is 14.4 Å². The molecular weight excluding hydrogens is 328 g/mol. The summed E-state index contributed by atoms with van der Waals surface area (Å²) < 4.78 is 5.76. The number of hydrogen-bond donors (Lipinski definition) is 0. The molecule has 3 fully saturated rings. The zero-order valence-corrected chi connectivity index (χ0v) is 16.2. The number of rotatable bonds is 2. The van der Waals surface area contributed by atoms with Gasteiger partial charge in [0, 0.05) is 30.6 Å². The van der Waals surface area contributed by atoms with E-state index in [2.05, 4.69) is 13.8 Å². The van der Waals surface area contributed by atoms with Gasteiger partial charge >= 0.3 is 5.97 Å². The number of ether oxygens (including phenoxy) is 1. The molecule has 0 aromatic heterocycles. The van der Waals surface area contributed by atoms with Crippen molar-refractivity contribution in [3.05, 3.63) is 11.6 Å². The Morgan fingerprint density at radius 2 is 1.96 bits per heavy atom. The Balaban J connectivity index is 1.66. The molecule has 0 radical (unpaired) electrons. The second-order valence-corrected chi connectivity index (χ2v) is 9.40. The smallest absolute Gasteiger partial charge is 0.305 e. The Bertz CT molecular complexity index is 692. The highest BCUT2D eigenvalue weighted by Crippen LogP contribution is 2.64. The highest BCUT2D eigenvalue weighted by Gasteiger charge is 2.63. The predicted octanol–water partition coefficient (Wildman–Crippen LogP) is 4.02. The average molecular weight is 358 g/mol. The lowest BCUT2D eigenvalue weighted by molar-refractivity contribution is -0.164. The largest absolute Gasteiger partial charge is 0.462 e. The van der Waals surface area contributed by atoms with Crippen LogP contribution in [-0.2, 0) is 19.1 Å². The van der Waals surface area contributed by atoms with Crippen LogP contribution in [0.3, 0.4) is 0 Å². The van der Waals surface area contributed by atoms with Crippen LogP contribution in [0.25, 0.3) is 0 Å². The maximum absolute atomic E-state index is 13.4. The first-order valence-electron chi connectivity index (χ1n) is 10.3. The molecule has 142 valence electrons. The van der Waals surface area contributed by atoms with Gasteiger partial charge in [0.15, 0.2) is 5.78 Å². The van der Waals surface area contributed by atoms with E-state index in [0.29, 0.717) is 36.9 Å². The molecule has 0 aromatic rings. The summed E-state index contributed by atoms with van der Waals surface area (Å²) in [6, 6.07) is 0. The zero-order valence-electron chi connectivity index (χ0n) is 16.2. The number of esters is 1. The fraction of sp³-hybridized carbons (Fsp3) is 0.773. The number of Topliss-reactive ketones (excluding diaryl/α,β-unsaturated/α-hetero) is 1. The molecule has 0 heterocycles. The quantitative estimate of drug-likeness (QED) is 0.700. The fourth-order valence-electron chi connectivity index (χ4n) is 6.77. The molecule has 0 aromatic carbocycles. The van der Waals surface area contributed by atoms with Crippen molar-refractivity contribution in [1.29, 1.82) is 0 Å². The third-order valence-electron chi connectivity index (χ3n) is 8.12. The van der Waals surface area contributed by atoms with Gasteiger partial charge in [-0.2, -0.15) is 0 Å². The SMILES string of the molecule is CCC(=O)O[C@@H]1CC[C@@H]2[C@H]3CCC4=CC(=O)CC[C@]4(C)[C@@H]3C(=O)C[C@@]21C. The fourth-order valence-corrected chi connectivity index (χ4v) is 6.77. The minimum atomic E-state index is -0.217. The summed E-state index contributed by atoms with van der Waals surface area (Å²) in [5.41, 5.74) is 0.845. The molecule has 6 atom stereocenters. The molecule has 4 nitrogen and oxygen atoms in total. The van der Waals surface area contributed by atoms with E-state index in [0.717, 1.165) is 32.1 Å². The number of fused-ring (bicyclic) bond motifs is 5. The standard InChI is InChI=1S/C22H30O4/c1-4-19(25)26-18-8-7-16-15-6-5-13-11-14(23)9-10-21(13,2)20(15)17(24)12-22(16,18)3/h11,15-16,18,20H,4-10,12H2,1-3H3/t15-,16-,18-,20+,21+,22+/m1/s1. The van der Waals surface area contributed by atoms with E-state index in [9.17, 15) is 14.4 Å². The molecule has 0 bridgehead atoms. The Kier molecular flexibility index (Phi) is 4.16. The van der Waals surface area contributed by atoms with E-state index in [1.54, 1.807) is 0 Å². The van der Waals surface area contributed by atoms with Crippen molar-refractivity contribution in [2.45, 2.75) is 78.2 Å². The van der Waals surface area contributed by atoms with E-state index in [-0.39, 0.29) is 34.6 Å². The summed E-state index contributed by atoms with van der Waals surface area (Å²) in [5.74, 6) is 1.23. The van der Waals surface area contributed by atoms with Crippen LogP contribution >= 0.6 is 0 Å². The normalized spacial score (nSPS) is 44.7. The molecule has 0 saturated heterocycles. The van der Waals surface area contributed by atoms with Crippen LogP contribution in [-0.4, -0.2) is 23.6 Å². The van der Waals surface area contributed by atoms with Crippen LogP contribution in [0.4, 0.5) is 0 Å². The van der Waals surface area contributed by atoms with E-state index in [1.165, 1.54) is 5.57 Å². The summed E-state index contributed by atoms with van der Waals surface area (Å²) in [6.45, 7) is 6.20. The van der Waals surface area contributed by atoms with Crippen LogP contribution in [0, 0.1) is 28.6 Å². The molecule has 4 aliphatic rings. The van der Waals surface area contributed by atoms with Crippen molar-refractivity contribution in [3.63, 3.8) is 0 Å². The van der Waals surface area contributed by atoms with E-state index in [1.807, 2.05) is 13.0 Å². The van der Waals surface area contributed by atoms with Gasteiger partial charge in [-0.15, -0.1) is 0 Å². The van der Waals surface area contributed by atoms with Crippen molar-refractivity contribution < 1.29 is 19.1 Å². The zero-order chi connectivity index (χ0) is 18.7. The second kappa shape index (κ2) is 6.03. The first-order valence-corrected chi connectivity index (χ1v) is 10.3. The minimum absolute atomic E-state index is 0.0364. The molecule has 0 aliphatic heterocycles. The van der Waals surface area contributed by atoms with Crippen LogP contribution < -0.4 is 0 Å². The monoisotopic (exact) mass is 358 g/mol. The van der Waals surface area contributed by atoms with Crippen molar-refractivity contribution in [3.8, 4) is 0 Å². The van der Waals surface area contributed by atoms with E-state index >= 15 is 0 Å². The molecule has 0 unspecified atom stereocenters. The number of hydrogen-bond acceptors (Lipinski definition) is 4. The average Bonchev–Trinajstić information content (AvgIpc) is 2.91. The second-order valence-electron chi connectivity index (χ2n) is 9.40. The molecule has 4 aliphatic carbocycles. The molecule has 3 saturated carbocycles. The van der Waals surface area contributed by atoms with Gasteiger partial charge in [0.25, 0.3) is 0 Å². The van der Waals surface area contributed by atoms with Gasteiger partial charge in [-0.1, -0.05) is 26.3 Å². The van der Waals surface area contributed by atoms with Crippen LogP contribution in [0.15, 0.2) is 11.6 Å². The molecular formula is C22H30O4. The van der Waals surface area contributed by atoms with E-state index < -0.39 is 0 Å². The highest BCUT2D eigenvalue weighted by atomic mass is 16.5. The molecule has 26 heavy (non-hydrogen) atoms. The van der Waals surface area contributed by atoms with Crippen LogP contribution in [0.2, 0.25) is 0 Å². The van der Waals surface area contributed by atoms with Crippen molar-refractivity contribution in [2.75, 3.05) is 0 Å². The summed E-state index contributed by atoms with van der Waals surface area (Å²) in [7, 11) is 0. The summed E-state index contributed by atoms with van der Waals surface area (Å²) in [5, 5.41) is 0. The van der Waals surface area contributed by atoms with Crippen LogP contribution in [0.1, 0.15) is 72.1 Å². The first-order chi connectivity index (χ1) is 12.3. The minimum Gasteiger partial charge on any atom is -0.462 e. The Morgan fingerprint density at radius 1 is 1.19 bits per heavy atom. The first kappa shape index (κ1) is 17.9. The van der Waals surface area contributed by atoms with Gasteiger partial charge in [0.2, 0.25) is 0 Å². The number of carbonyl (C=O) groups is 3. The van der Waals surface area contributed by atoms with Gasteiger partial charge in [0.1, 0.15) is 11.9 Å². The van der Waals surface area contributed by atoms with Crippen LogP contribution in [0.5, 0.6) is 0 Å². The topological polar surface area (TPSA) is 60.4 Å². The predicted molar refractivity (Wildman–Crippen MR) is 97.3 cm³/mol. The highest BCUT2D eigenvalue weighted by molar-refractivity contribution is 5.93. The van der Waals surface area contributed by atoms with Gasteiger partial charge < -0.3 is 4.74 Å². The van der Waals surface area contributed by atoms with Gasteiger partial charge in [-0.05, 0) is 55.4 Å². The van der Waals surface area contributed by atoms with Crippen molar-refractivity contribution in [1.82, 2.24) is 0 Å². The third-order valence-corrected chi connectivity index (χ3v) is 8.12. The third kappa shape index (κ3) is 2.44. The molecule has 0 N–H and O–H groups in total. The Labute approximate surface area is 155 Å². The lowest BCUT2D eigenvalue weighted by Crippen LogP contribution is -2.55. The lowest BCUT2D eigenvalue weighted by atomic mass is 9.47. The maximum atomic E-state index is 13.4. The lowest BCUT2D eigenvalue weighted by Gasteiger charge is -2.56. The molecule has 0 amide bonds. The van der Waals surface area contributed by atoms with Crippen molar-refractivity contribution in [2.24, 2.45) is 28.6 Å². The van der Waals surface area contributed by atoms with Gasteiger partial charge in [-0.25, -0.2) is 0 Å². The molecule has 0 spiro atoms. The van der Waals surface area contributed by atoms with E-state index in [4.69, 9.17) is 4.74 Å². The number of ketones is 2.